The molecule has 8 aromatic rings. The minimum absolute atomic E-state index is 0.915. The van der Waals surface area contributed by atoms with Crippen LogP contribution in [0, 0.1) is 0 Å². The Hall–Kier alpha value is -6.84. The zero-order valence-electron chi connectivity index (χ0n) is 29.9. The van der Waals surface area contributed by atoms with E-state index in [9.17, 15) is 0 Å². The second-order valence-corrected chi connectivity index (χ2v) is 14.4. The lowest BCUT2D eigenvalue weighted by molar-refractivity contribution is 1.04. The Morgan fingerprint density at radius 1 is 0.481 bits per heavy atom. The van der Waals surface area contributed by atoms with Crippen LogP contribution in [-0.2, 0) is 0 Å². The Bertz CT molecular complexity index is 2960. The fraction of sp³-hybridized carbons (Fsp3) is 0.0588. The lowest BCUT2D eigenvalue weighted by atomic mass is 9.91. The number of aromatic nitrogens is 2. The van der Waals surface area contributed by atoms with E-state index in [-0.39, 0.29) is 0 Å². The van der Waals surface area contributed by atoms with Crippen molar-refractivity contribution in [2.24, 2.45) is 0 Å². The van der Waals surface area contributed by atoms with Crippen molar-refractivity contribution in [2.45, 2.75) is 19.3 Å². The van der Waals surface area contributed by atoms with Crippen molar-refractivity contribution in [2.75, 3.05) is 4.90 Å². The van der Waals surface area contributed by atoms with Crippen LogP contribution in [0.4, 0.5) is 11.4 Å². The first-order valence-electron chi connectivity index (χ1n) is 19.0. The summed E-state index contributed by atoms with van der Waals surface area (Å²) in [6, 6.07) is 51.3. The second-order valence-electron chi connectivity index (χ2n) is 14.4. The van der Waals surface area contributed by atoms with Crippen LogP contribution in [-0.4, -0.2) is 9.13 Å². The molecule has 2 bridgehead atoms. The van der Waals surface area contributed by atoms with Crippen LogP contribution in [0.5, 0.6) is 0 Å². The van der Waals surface area contributed by atoms with Crippen molar-refractivity contribution >= 4 is 61.8 Å². The molecule has 0 unspecified atom stereocenters. The van der Waals surface area contributed by atoms with Gasteiger partial charge in [-0.05, 0) is 102 Å². The van der Waals surface area contributed by atoms with Gasteiger partial charge in [-0.3, -0.25) is 0 Å². The summed E-state index contributed by atoms with van der Waals surface area (Å²) >= 11 is 0. The summed E-state index contributed by atoms with van der Waals surface area (Å²) in [6.45, 7) is 0. The summed E-state index contributed by atoms with van der Waals surface area (Å²) in [5.41, 5.74) is 17.3. The summed E-state index contributed by atoms with van der Waals surface area (Å²) in [7, 11) is 0. The molecule has 0 radical (unpaired) electrons. The summed E-state index contributed by atoms with van der Waals surface area (Å²) in [6.07, 6.45) is 21.2. The van der Waals surface area contributed by atoms with Crippen LogP contribution < -0.4 is 4.90 Å². The molecule has 256 valence electrons. The van der Waals surface area contributed by atoms with Gasteiger partial charge in [0.15, 0.2) is 0 Å². The van der Waals surface area contributed by atoms with Crippen LogP contribution >= 0.6 is 0 Å². The molecule has 3 heterocycles. The summed E-state index contributed by atoms with van der Waals surface area (Å²) < 4.78 is 4.88. The highest BCUT2D eigenvalue weighted by molar-refractivity contribution is 6.10. The van der Waals surface area contributed by atoms with Crippen molar-refractivity contribution in [1.82, 2.24) is 9.13 Å². The molecule has 2 aromatic heterocycles. The van der Waals surface area contributed by atoms with Crippen molar-refractivity contribution < 1.29 is 0 Å². The molecule has 3 heteroatoms. The van der Waals surface area contributed by atoms with E-state index in [1.54, 1.807) is 0 Å². The van der Waals surface area contributed by atoms with E-state index >= 15 is 0 Å². The average molecular weight is 692 g/mol. The van der Waals surface area contributed by atoms with Crippen LogP contribution in [0.1, 0.15) is 36.1 Å². The number of hydrogen-bond acceptors (Lipinski definition) is 1. The normalized spacial score (nSPS) is 17.3. The average Bonchev–Trinajstić information content (AvgIpc) is 3.59. The maximum atomic E-state index is 2.47. The Balaban J connectivity index is 1.10. The van der Waals surface area contributed by atoms with E-state index in [0.717, 1.165) is 30.6 Å². The maximum Gasteiger partial charge on any atom is 0.0542 e. The van der Waals surface area contributed by atoms with E-state index in [1.165, 1.54) is 83.3 Å². The molecule has 3 aliphatic rings. The number of anilines is 2. The Labute approximate surface area is 315 Å². The largest absolute Gasteiger partial charge is 0.313 e. The van der Waals surface area contributed by atoms with Gasteiger partial charge >= 0.3 is 0 Å². The molecule has 0 fully saturated rings. The Kier molecular flexibility index (Phi) is 7.06. The third-order valence-corrected chi connectivity index (χ3v) is 11.3. The topological polar surface area (TPSA) is 13.1 Å². The SMILES string of the molecule is C1=Cc2c(n(-c3ccc4c(c3)c3ccccc3n4-c3cccc(-c4ccccc4)c3)c3ccc(N4/C5=C/C=C\C/C=C(\C5)c5ccccc54)cc23)C=CC1. The molecule has 0 amide bonds. The number of hydrogen-bond donors (Lipinski definition) is 0. The van der Waals surface area contributed by atoms with E-state index < -0.39 is 0 Å². The molecule has 3 nitrogen and oxygen atoms in total. The molecule has 1 aliphatic heterocycles. The summed E-state index contributed by atoms with van der Waals surface area (Å²) in [4.78, 5) is 2.47. The van der Waals surface area contributed by atoms with E-state index in [0.29, 0.717) is 0 Å². The van der Waals surface area contributed by atoms with Crippen molar-refractivity contribution in [1.29, 1.82) is 0 Å². The molecule has 2 aliphatic carbocycles. The summed E-state index contributed by atoms with van der Waals surface area (Å²) in [5.74, 6) is 0. The van der Waals surface area contributed by atoms with Crippen LogP contribution in [0.15, 0.2) is 182 Å². The molecule has 0 spiro atoms. The highest BCUT2D eigenvalue weighted by atomic mass is 15.2. The van der Waals surface area contributed by atoms with Crippen LogP contribution in [0.2, 0.25) is 0 Å². The minimum atomic E-state index is 0.915. The van der Waals surface area contributed by atoms with Gasteiger partial charge in [0.05, 0.1) is 27.9 Å². The minimum Gasteiger partial charge on any atom is -0.313 e. The fourth-order valence-corrected chi connectivity index (χ4v) is 8.91. The zero-order chi connectivity index (χ0) is 35.6. The lowest BCUT2D eigenvalue weighted by Gasteiger charge is -2.35. The second kappa shape index (κ2) is 12.4. The van der Waals surface area contributed by atoms with Gasteiger partial charge in [0.25, 0.3) is 0 Å². The Morgan fingerprint density at radius 2 is 1.22 bits per heavy atom. The van der Waals surface area contributed by atoms with Gasteiger partial charge in [0.1, 0.15) is 0 Å². The van der Waals surface area contributed by atoms with Crippen molar-refractivity contribution in [3.63, 3.8) is 0 Å². The predicted molar refractivity (Wildman–Crippen MR) is 229 cm³/mol. The maximum absolute atomic E-state index is 2.47. The highest BCUT2D eigenvalue weighted by Crippen LogP contribution is 2.46. The molecule has 0 saturated heterocycles. The third-order valence-electron chi connectivity index (χ3n) is 11.3. The number of para-hydroxylation sites is 2. The van der Waals surface area contributed by atoms with E-state index in [1.807, 2.05) is 0 Å². The first kappa shape index (κ1) is 30.8. The molecule has 54 heavy (non-hydrogen) atoms. The summed E-state index contributed by atoms with van der Waals surface area (Å²) in [5, 5.41) is 3.75. The zero-order valence-corrected chi connectivity index (χ0v) is 29.9. The molecule has 11 rings (SSSR count). The van der Waals surface area contributed by atoms with Gasteiger partial charge in [-0.2, -0.15) is 0 Å². The standard InChI is InChI=1S/C51H37N3/c1-4-15-35(16-5-1)36-18-14-20-39(31-36)53-49-26-13-11-23-44(49)46-34-41(28-30-50(46)53)54-48-24-9-3-8-22-43(48)45-33-40(27-29-51(45)54)52-38-19-7-2-6-17-37(32-38)42-21-10-12-25-47(42)52/h1-2,4-5,7-31,33-34H,3,6,32H2/b7-2-,37-17+,38-19+. The van der Waals surface area contributed by atoms with E-state index in [4.69, 9.17) is 0 Å². The molecule has 0 atom stereocenters. The smallest absolute Gasteiger partial charge is 0.0542 e. The van der Waals surface area contributed by atoms with Gasteiger partial charge in [0.2, 0.25) is 0 Å². The van der Waals surface area contributed by atoms with Crippen molar-refractivity contribution in [3.05, 3.63) is 199 Å². The quantitative estimate of drug-likeness (QED) is 0.179. The van der Waals surface area contributed by atoms with Gasteiger partial charge in [-0.1, -0.05) is 115 Å². The first-order valence-corrected chi connectivity index (χ1v) is 19.0. The van der Waals surface area contributed by atoms with Crippen LogP contribution in [0.3, 0.4) is 0 Å². The number of rotatable bonds is 4. The molecular formula is C51H37N3. The number of nitrogens with zero attached hydrogens (tertiary/aromatic N) is 3. The Morgan fingerprint density at radius 3 is 2.17 bits per heavy atom. The van der Waals surface area contributed by atoms with Gasteiger partial charge in [-0.15, -0.1) is 0 Å². The van der Waals surface area contributed by atoms with Gasteiger partial charge < -0.3 is 14.0 Å². The monoisotopic (exact) mass is 691 g/mol. The predicted octanol–water partition coefficient (Wildman–Crippen LogP) is 13.6. The molecule has 0 N–H and O–H groups in total. The third kappa shape index (κ3) is 4.82. The van der Waals surface area contributed by atoms with E-state index in [2.05, 4.69) is 202 Å². The highest BCUT2D eigenvalue weighted by Gasteiger charge is 2.27. The molecule has 0 saturated carbocycles. The van der Waals surface area contributed by atoms with Crippen molar-refractivity contribution in [3.8, 4) is 22.5 Å². The van der Waals surface area contributed by atoms with Gasteiger partial charge in [0, 0.05) is 56.5 Å². The lowest BCUT2D eigenvalue weighted by Crippen LogP contribution is -2.22. The fourth-order valence-electron chi connectivity index (χ4n) is 8.91. The number of benzene rings is 6. The number of allylic oxidation sites excluding steroid dienone is 7. The van der Waals surface area contributed by atoms with Gasteiger partial charge in [-0.25, -0.2) is 0 Å². The molecule has 6 aromatic carbocycles. The van der Waals surface area contributed by atoms with Crippen LogP contribution in [0.25, 0.3) is 72.9 Å². The molecular weight excluding hydrogens is 655 g/mol. The first-order chi connectivity index (χ1) is 26.8. The number of fused-ring (bicyclic) bond motifs is 10.